The van der Waals surface area contributed by atoms with Crippen molar-refractivity contribution >= 4 is 45.9 Å². The predicted molar refractivity (Wildman–Crippen MR) is 124 cm³/mol. The molecule has 1 aliphatic heterocycles. The highest BCUT2D eigenvalue weighted by molar-refractivity contribution is 7.80. The minimum atomic E-state index is -0.189. The number of thiophene rings is 1. The number of carbonyl (C=O) groups excluding carboxylic acids is 1. The van der Waals surface area contributed by atoms with Gasteiger partial charge in [-0.15, -0.1) is 11.3 Å². The van der Waals surface area contributed by atoms with Crippen LogP contribution in [0.5, 0.6) is 0 Å². The summed E-state index contributed by atoms with van der Waals surface area (Å²) in [7, 11) is 1.49. The zero-order valence-electron chi connectivity index (χ0n) is 16.7. The lowest BCUT2D eigenvalue weighted by Crippen LogP contribution is -2.29. The van der Waals surface area contributed by atoms with Crippen molar-refractivity contribution in [1.29, 1.82) is 0 Å². The molecule has 4 rings (SSSR count). The lowest BCUT2D eigenvalue weighted by Gasteiger charge is -2.27. The van der Waals surface area contributed by atoms with E-state index in [1.54, 1.807) is 17.5 Å². The third-order valence-corrected chi connectivity index (χ3v) is 6.38. The number of ether oxygens (including phenoxy) is 1. The molecule has 0 unspecified atom stereocenters. The van der Waals surface area contributed by atoms with E-state index in [1.807, 2.05) is 42.5 Å². The lowest BCUT2D eigenvalue weighted by molar-refractivity contribution is -0.119. The van der Waals surface area contributed by atoms with Crippen LogP contribution in [0.1, 0.15) is 28.2 Å². The minimum Gasteiger partial charge on any atom is -0.375 e. The van der Waals surface area contributed by atoms with E-state index < -0.39 is 0 Å². The van der Waals surface area contributed by atoms with Crippen molar-refractivity contribution in [1.82, 2.24) is 10.3 Å². The monoisotopic (exact) mass is 438 g/mol. The van der Waals surface area contributed by atoms with Crippen molar-refractivity contribution in [3.63, 3.8) is 0 Å². The maximum atomic E-state index is 11.8. The van der Waals surface area contributed by atoms with Gasteiger partial charge in [0.2, 0.25) is 5.91 Å². The van der Waals surface area contributed by atoms with Crippen LogP contribution in [0.15, 0.2) is 60.1 Å². The van der Waals surface area contributed by atoms with Crippen molar-refractivity contribution < 1.29 is 9.53 Å². The molecule has 1 aromatic carbocycles. The van der Waals surface area contributed by atoms with Crippen LogP contribution in [0.25, 0.3) is 0 Å². The van der Waals surface area contributed by atoms with E-state index in [9.17, 15) is 4.79 Å². The van der Waals surface area contributed by atoms with Crippen molar-refractivity contribution in [2.75, 3.05) is 23.9 Å². The normalized spacial score (nSPS) is 18.3. The summed E-state index contributed by atoms with van der Waals surface area (Å²) in [5.41, 5.74) is 3.84. The molecule has 2 aromatic heterocycles. The molecular weight excluding hydrogens is 416 g/mol. The average molecular weight is 439 g/mol. The summed E-state index contributed by atoms with van der Waals surface area (Å²) in [4.78, 5) is 19.7. The van der Waals surface area contributed by atoms with E-state index in [2.05, 4.69) is 38.9 Å². The molecule has 1 fully saturated rings. The van der Waals surface area contributed by atoms with Crippen LogP contribution in [0.4, 0.5) is 11.4 Å². The van der Waals surface area contributed by atoms with Crippen LogP contribution >= 0.6 is 23.6 Å². The van der Waals surface area contributed by atoms with Gasteiger partial charge in [0.1, 0.15) is 6.61 Å². The van der Waals surface area contributed by atoms with Crippen LogP contribution in [0.3, 0.4) is 0 Å². The van der Waals surface area contributed by atoms with Gasteiger partial charge in [-0.3, -0.25) is 9.78 Å². The number of rotatable bonds is 6. The lowest BCUT2D eigenvalue weighted by atomic mass is 10.0. The number of pyridine rings is 1. The SMILES string of the molecule is COCC(=O)Nc1ccc(N2C(=S)N[C@@H](c3ccccn3)[C@@H]2c2sccc2C)cc1. The molecule has 3 heterocycles. The number of hydrogen-bond donors (Lipinski definition) is 2. The molecule has 0 saturated carbocycles. The summed E-state index contributed by atoms with van der Waals surface area (Å²) in [6.45, 7) is 2.14. The van der Waals surface area contributed by atoms with Gasteiger partial charge < -0.3 is 20.3 Å². The van der Waals surface area contributed by atoms with Gasteiger partial charge in [0.15, 0.2) is 5.11 Å². The average Bonchev–Trinajstić information content (AvgIpc) is 3.32. The zero-order valence-corrected chi connectivity index (χ0v) is 18.3. The molecule has 0 radical (unpaired) electrons. The molecule has 1 aliphatic rings. The molecule has 30 heavy (non-hydrogen) atoms. The highest BCUT2D eigenvalue weighted by Crippen LogP contribution is 2.44. The van der Waals surface area contributed by atoms with Gasteiger partial charge >= 0.3 is 0 Å². The third-order valence-electron chi connectivity index (χ3n) is 4.97. The fraction of sp³-hybridized carbons (Fsp3) is 0.227. The van der Waals surface area contributed by atoms with Crippen molar-refractivity contribution in [3.8, 4) is 0 Å². The molecule has 2 atom stereocenters. The number of thiocarbonyl (C=S) groups is 1. The number of anilines is 2. The molecule has 0 aliphatic carbocycles. The summed E-state index contributed by atoms with van der Waals surface area (Å²) >= 11 is 7.46. The van der Waals surface area contributed by atoms with Gasteiger partial charge in [0, 0.05) is 29.6 Å². The summed E-state index contributed by atoms with van der Waals surface area (Å²) in [6.07, 6.45) is 1.80. The molecule has 0 bridgehead atoms. The fourth-order valence-corrected chi connectivity index (χ4v) is 5.02. The largest absolute Gasteiger partial charge is 0.375 e. The number of nitrogens with zero attached hydrogens (tertiary/aromatic N) is 2. The Kier molecular flexibility index (Phi) is 6.08. The molecule has 1 amide bonds. The maximum Gasteiger partial charge on any atom is 0.250 e. The Morgan fingerprint density at radius 2 is 2.07 bits per heavy atom. The first-order chi connectivity index (χ1) is 14.6. The Morgan fingerprint density at radius 3 is 2.70 bits per heavy atom. The Bertz CT molecular complexity index is 1040. The van der Waals surface area contributed by atoms with E-state index in [4.69, 9.17) is 17.0 Å². The van der Waals surface area contributed by atoms with Gasteiger partial charge in [0.25, 0.3) is 0 Å². The van der Waals surface area contributed by atoms with E-state index in [1.165, 1.54) is 17.6 Å². The number of aryl methyl sites for hydroxylation is 1. The Balaban J connectivity index is 1.68. The van der Waals surface area contributed by atoms with Crippen LogP contribution in [0, 0.1) is 6.92 Å². The summed E-state index contributed by atoms with van der Waals surface area (Å²) in [5, 5.41) is 9.04. The first-order valence-electron chi connectivity index (χ1n) is 9.52. The highest BCUT2D eigenvalue weighted by Gasteiger charge is 2.41. The van der Waals surface area contributed by atoms with Gasteiger partial charge in [-0.25, -0.2) is 0 Å². The number of aromatic nitrogens is 1. The van der Waals surface area contributed by atoms with Crippen LogP contribution in [0.2, 0.25) is 0 Å². The highest BCUT2D eigenvalue weighted by atomic mass is 32.1. The number of benzene rings is 1. The van der Waals surface area contributed by atoms with E-state index >= 15 is 0 Å². The van der Waals surface area contributed by atoms with Gasteiger partial charge in [-0.2, -0.15) is 0 Å². The summed E-state index contributed by atoms with van der Waals surface area (Å²) in [5.74, 6) is -0.189. The maximum absolute atomic E-state index is 11.8. The summed E-state index contributed by atoms with van der Waals surface area (Å²) < 4.78 is 4.86. The Labute approximate surface area is 184 Å². The topological polar surface area (TPSA) is 66.5 Å². The number of amides is 1. The second-order valence-corrected chi connectivity index (χ2v) is 8.33. The molecule has 0 spiro atoms. The first kappa shape index (κ1) is 20.5. The van der Waals surface area contributed by atoms with Gasteiger partial charge in [-0.05, 0) is 72.5 Å². The molecule has 1 saturated heterocycles. The predicted octanol–water partition coefficient (Wildman–Crippen LogP) is 4.21. The molecule has 154 valence electrons. The fourth-order valence-electron chi connectivity index (χ4n) is 3.62. The quantitative estimate of drug-likeness (QED) is 0.562. The number of nitrogens with one attached hydrogen (secondary N) is 2. The number of carbonyl (C=O) groups is 1. The molecule has 8 heteroatoms. The minimum absolute atomic E-state index is 0.0127. The summed E-state index contributed by atoms with van der Waals surface area (Å²) in [6, 6.07) is 15.7. The third kappa shape index (κ3) is 4.07. The van der Waals surface area contributed by atoms with Gasteiger partial charge in [-0.1, -0.05) is 6.07 Å². The van der Waals surface area contributed by atoms with Crippen molar-refractivity contribution in [2.45, 2.75) is 19.0 Å². The second-order valence-electron chi connectivity index (χ2n) is 6.99. The Hall–Kier alpha value is -2.81. The molecule has 6 nitrogen and oxygen atoms in total. The molecule has 3 aromatic rings. The van der Waals surface area contributed by atoms with E-state index in [-0.39, 0.29) is 24.6 Å². The number of methoxy groups -OCH3 is 1. The smallest absolute Gasteiger partial charge is 0.250 e. The molecule has 2 N–H and O–H groups in total. The van der Waals surface area contributed by atoms with Crippen LogP contribution < -0.4 is 15.5 Å². The van der Waals surface area contributed by atoms with Crippen LogP contribution in [-0.2, 0) is 9.53 Å². The van der Waals surface area contributed by atoms with Crippen molar-refractivity contribution in [3.05, 3.63) is 76.2 Å². The molecular formula is C22H22N4O2S2. The number of hydrogen-bond acceptors (Lipinski definition) is 5. The van der Waals surface area contributed by atoms with Crippen molar-refractivity contribution in [2.24, 2.45) is 0 Å². The van der Waals surface area contributed by atoms with E-state index in [0.29, 0.717) is 10.8 Å². The standard InChI is InChI=1S/C22H22N4O2S2/c1-14-10-12-30-21(14)20-19(17-5-3-4-11-23-17)25-22(29)26(20)16-8-6-15(7-9-16)24-18(27)13-28-2/h3-12,19-20H,13H2,1-2H3,(H,24,27)(H,25,29)/t19-,20+/m0/s1. The second kappa shape index (κ2) is 8.91. The van der Waals surface area contributed by atoms with E-state index in [0.717, 1.165) is 11.4 Å². The first-order valence-corrected chi connectivity index (χ1v) is 10.8. The zero-order chi connectivity index (χ0) is 21.1. The van der Waals surface area contributed by atoms with Gasteiger partial charge in [0.05, 0.1) is 17.8 Å². The van der Waals surface area contributed by atoms with Crippen LogP contribution in [-0.4, -0.2) is 29.7 Å². The Morgan fingerprint density at radius 1 is 1.27 bits per heavy atom.